The molecule has 0 spiro atoms. The van der Waals surface area contributed by atoms with Crippen molar-refractivity contribution in [1.82, 2.24) is 19.5 Å². The maximum Gasteiger partial charge on any atom is 0.322 e. The van der Waals surface area contributed by atoms with Crippen molar-refractivity contribution in [3.05, 3.63) is 36.0 Å². The molecule has 148 valence electrons. The molecule has 0 aliphatic rings. The summed E-state index contributed by atoms with van der Waals surface area (Å²) in [5.41, 5.74) is 5.07. The molecule has 0 atom stereocenters. The van der Waals surface area contributed by atoms with Crippen molar-refractivity contribution in [2.24, 2.45) is 12.1 Å². The SMILES string of the molecule is COc1nc(N/N=C/c2cn(C)c3ccccc23)nc(N(C(C)C)C(C)C)n1. The number of para-hydroxylation sites is 1. The molecule has 1 aromatic carbocycles. The fourth-order valence-electron chi connectivity index (χ4n) is 3.30. The summed E-state index contributed by atoms with van der Waals surface area (Å²) in [4.78, 5) is 15.3. The smallest absolute Gasteiger partial charge is 0.322 e. The van der Waals surface area contributed by atoms with E-state index in [0.717, 1.165) is 16.5 Å². The Morgan fingerprint density at radius 2 is 1.82 bits per heavy atom. The summed E-state index contributed by atoms with van der Waals surface area (Å²) >= 11 is 0. The summed E-state index contributed by atoms with van der Waals surface area (Å²) in [5, 5.41) is 5.46. The Morgan fingerprint density at radius 3 is 2.50 bits per heavy atom. The molecular weight excluding hydrogens is 354 g/mol. The Morgan fingerprint density at radius 1 is 1.11 bits per heavy atom. The Labute approximate surface area is 165 Å². The van der Waals surface area contributed by atoms with E-state index in [-0.39, 0.29) is 18.1 Å². The van der Waals surface area contributed by atoms with E-state index in [9.17, 15) is 0 Å². The number of aromatic nitrogens is 4. The number of benzene rings is 1. The first-order chi connectivity index (χ1) is 13.4. The Bertz CT molecular complexity index is 970. The first kappa shape index (κ1) is 19.6. The van der Waals surface area contributed by atoms with E-state index < -0.39 is 0 Å². The summed E-state index contributed by atoms with van der Waals surface area (Å²) in [6, 6.07) is 8.91. The fourth-order valence-corrected chi connectivity index (χ4v) is 3.30. The molecule has 0 amide bonds. The van der Waals surface area contributed by atoms with Crippen LogP contribution in [0, 0.1) is 0 Å². The minimum Gasteiger partial charge on any atom is -0.467 e. The molecule has 28 heavy (non-hydrogen) atoms. The predicted octanol–water partition coefficient (Wildman–Crippen LogP) is 3.44. The van der Waals surface area contributed by atoms with Crippen LogP contribution in [0.3, 0.4) is 0 Å². The zero-order chi connectivity index (χ0) is 20.3. The number of aryl methyl sites for hydroxylation is 1. The molecule has 1 N–H and O–H groups in total. The van der Waals surface area contributed by atoms with Crippen molar-refractivity contribution in [2.45, 2.75) is 39.8 Å². The number of nitrogens with one attached hydrogen (secondary N) is 1. The Hall–Kier alpha value is -3.16. The lowest BCUT2D eigenvalue weighted by Gasteiger charge is -2.30. The second-order valence-electron chi connectivity index (χ2n) is 7.12. The van der Waals surface area contributed by atoms with Crippen molar-refractivity contribution in [3.8, 4) is 6.01 Å². The normalized spacial score (nSPS) is 11.7. The van der Waals surface area contributed by atoms with Gasteiger partial charge in [0.25, 0.3) is 5.95 Å². The van der Waals surface area contributed by atoms with Gasteiger partial charge in [-0.3, -0.25) is 0 Å². The summed E-state index contributed by atoms with van der Waals surface area (Å²) in [6.45, 7) is 8.40. The van der Waals surface area contributed by atoms with Gasteiger partial charge in [-0.05, 0) is 33.8 Å². The molecule has 0 saturated heterocycles. The van der Waals surface area contributed by atoms with Crippen LogP contribution < -0.4 is 15.1 Å². The summed E-state index contributed by atoms with van der Waals surface area (Å²) in [5.74, 6) is 0.893. The molecule has 3 aromatic rings. The van der Waals surface area contributed by atoms with Crippen LogP contribution in [-0.2, 0) is 7.05 Å². The van der Waals surface area contributed by atoms with E-state index in [2.05, 4.69) is 74.8 Å². The van der Waals surface area contributed by atoms with Gasteiger partial charge in [0.05, 0.1) is 13.3 Å². The van der Waals surface area contributed by atoms with Crippen LogP contribution in [-0.4, -0.2) is 44.9 Å². The maximum atomic E-state index is 5.25. The number of hydrazone groups is 1. The molecule has 0 bridgehead atoms. The van der Waals surface area contributed by atoms with E-state index >= 15 is 0 Å². The number of fused-ring (bicyclic) bond motifs is 1. The minimum absolute atomic E-state index is 0.235. The van der Waals surface area contributed by atoms with Gasteiger partial charge in [-0.15, -0.1) is 0 Å². The zero-order valence-corrected chi connectivity index (χ0v) is 17.2. The number of rotatable bonds is 7. The van der Waals surface area contributed by atoms with Crippen molar-refractivity contribution in [1.29, 1.82) is 0 Å². The van der Waals surface area contributed by atoms with Gasteiger partial charge in [0, 0.05) is 41.8 Å². The third-order valence-corrected chi connectivity index (χ3v) is 4.43. The van der Waals surface area contributed by atoms with Gasteiger partial charge in [0.2, 0.25) is 5.95 Å². The molecule has 0 fully saturated rings. The molecule has 8 nitrogen and oxygen atoms in total. The summed E-state index contributed by atoms with van der Waals surface area (Å²) in [7, 11) is 3.56. The van der Waals surface area contributed by atoms with Gasteiger partial charge in [0.1, 0.15) is 0 Å². The highest BCUT2D eigenvalue weighted by atomic mass is 16.5. The fraction of sp³-hybridized carbons (Fsp3) is 0.400. The monoisotopic (exact) mass is 381 g/mol. The van der Waals surface area contributed by atoms with Gasteiger partial charge in [0.15, 0.2) is 0 Å². The first-order valence-electron chi connectivity index (χ1n) is 9.32. The highest BCUT2D eigenvalue weighted by molar-refractivity contribution is 5.99. The lowest BCUT2D eigenvalue weighted by Crippen LogP contribution is -2.38. The van der Waals surface area contributed by atoms with E-state index in [1.54, 1.807) is 6.21 Å². The average molecular weight is 381 g/mol. The standard InChI is InChI=1S/C20H27N7O/c1-13(2)27(14(3)4)19-22-18(23-20(24-19)28-6)25-21-11-15-12-26(5)17-10-8-7-9-16(15)17/h7-14H,1-6H3,(H,22,23,24,25)/b21-11+. The molecule has 0 aliphatic carbocycles. The molecule has 0 unspecified atom stereocenters. The largest absolute Gasteiger partial charge is 0.467 e. The number of anilines is 2. The molecule has 0 saturated carbocycles. The molecule has 0 aliphatic heterocycles. The second kappa shape index (κ2) is 8.24. The Kier molecular flexibility index (Phi) is 5.77. The van der Waals surface area contributed by atoms with Crippen LogP contribution in [0.5, 0.6) is 6.01 Å². The minimum atomic E-state index is 0.235. The highest BCUT2D eigenvalue weighted by Gasteiger charge is 2.19. The van der Waals surface area contributed by atoms with Gasteiger partial charge in [-0.1, -0.05) is 18.2 Å². The topological polar surface area (TPSA) is 80.5 Å². The van der Waals surface area contributed by atoms with Crippen molar-refractivity contribution >= 4 is 29.0 Å². The van der Waals surface area contributed by atoms with Crippen LogP contribution in [0.4, 0.5) is 11.9 Å². The van der Waals surface area contributed by atoms with Crippen LogP contribution in [0.15, 0.2) is 35.6 Å². The molecule has 2 aromatic heterocycles. The quantitative estimate of drug-likeness (QED) is 0.499. The van der Waals surface area contributed by atoms with Crippen molar-refractivity contribution < 1.29 is 4.74 Å². The molecule has 2 heterocycles. The summed E-state index contributed by atoms with van der Waals surface area (Å²) in [6.07, 6.45) is 3.80. The highest BCUT2D eigenvalue weighted by Crippen LogP contribution is 2.20. The van der Waals surface area contributed by atoms with Crippen LogP contribution in [0.25, 0.3) is 10.9 Å². The third-order valence-electron chi connectivity index (χ3n) is 4.43. The maximum absolute atomic E-state index is 5.25. The lowest BCUT2D eigenvalue weighted by molar-refractivity contribution is 0.377. The van der Waals surface area contributed by atoms with Crippen LogP contribution >= 0.6 is 0 Å². The number of methoxy groups -OCH3 is 1. The van der Waals surface area contributed by atoms with Crippen LogP contribution in [0.2, 0.25) is 0 Å². The van der Waals surface area contributed by atoms with Gasteiger partial charge >= 0.3 is 6.01 Å². The zero-order valence-electron chi connectivity index (χ0n) is 17.2. The van der Waals surface area contributed by atoms with Gasteiger partial charge in [-0.2, -0.15) is 20.1 Å². The van der Waals surface area contributed by atoms with Gasteiger partial charge in [-0.25, -0.2) is 5.43 Å². The number of hydrogen-bond acceptors (Lipinski definition) is 7. The lowest BCUT2D eigenvalue weighted by atomic mass is 10.2. The molecular formula is C20H27N7O. The average Bonchev–Trinajstić information content (AvgIpc) is 2.97. The Balaban J connectivity index is 1.87. The van der Waals surface area contributed by atoms with Gasteiger partial charge < -0.3 is 14.2 Å². The van der Waals surface area contributed by atoms with E-state index in [1.165, 1.54) is 7.11 Å². The van der Waals surface area contributed by atoms with E-state index in [0.29, 0.717) is 11.9 Å². The predicted molar refractivity (Wildman–Crippen MR) is 113 cm³/mol. The second-order valence-corrected chi connectivity index (χ2v) is 7.12. The number of nitrogens with zero attached hydrogens (tertiary/aromatic N) is 6. The molecule has 0 radical (unpaired) electrons. The third kappa shape index (κ3) is 4.05. The molecule has 8 heteroatoms. The van der Waals surface area contributed by atoms with E-state index in [4.69, 9.17) is 4.74 Å². The van der Waals surface area contributed by atoms with Crippen molar-refractivity contribution in [2.75, 3.05) is 17.4 Å². The van der Waals surface area contributed by atoms with Crippen molar-refractivity contribution in [3.63, 3.8) is 0 Å². The first-order valence-corrected chi connectivity index (χ1v) is 9.32. The van der Waals surface area contributed by atoms with E-state index in [1.807, 2.05) is 25.4 Å². The molecule has 3 rings (SSSR count). The number of hydrogen-bond donors (Lipinski definition) is 1. The van der Waals surface area contributed by atoms with Crippen LogP contribution in [0.1, 0.15) is 33.3 Å². The summed E-state index contributed by atoms with van der Waals surface area (Å²) < 4.78 is 7.32. The number of ether oxygens (including phenoxy) is 1.